The first-order valence-electron chi connectivity index (χ1n) is 12.8. The van der Waals surface area contributed by atoms with Crippen LogP contribution < -0.4 is 8.85 Å². The fourth-order valence-electron chi connectivity index (χ4n) is 5.96. The lowest BCUT2D eigenvalue weighted by Crippen LogP contribution is -2.60. The van der Waals surface area contributed by atoms with Gasteiger partial charge in [-0.1, -0.05) is 8.85 Å². The summed E-state index contributed by atoms with van der Waals surface area (Å²) in [7, 11) is 0. The van der Waals surface area contributed by atoms with Crippen molar-refractivity contribution in [3.05, 3.63) is 122 Å². The second-order valence-corrected chi connectivity index (χ2v) is 13.3. The summed E-state index contributed by atoms with van der Waals surface area (Å²) in [6.45, 7) is 0. The largest absolute Gasteiger partial charge is 0.426 e. The predicted molar refractivity (Wildman–Crippen MR) is 131 cm³/mol. The van der Waals surface area contributed by atoms with Crippen LogP contribution in [-0.2, 0) is 4.53 Å². The minimum atomic E-state index is -7.17. The summed E-state index contributed by atoms with van der Waals surface area (Å²) < 4.78 is 305. The maximum atomic E-state index is 17.6. The summed E-state index contributed by atoms with van der Waals surface area (Å²) in [4.78, 5) is 0. The number of rotatable bonds is 3. The highest BCUT2D eigenvalue weighted by Gasteiger charge is 2.64. The molecule has 22 heteroatoms. The van der Waals surface area contributed by atoms with Gasteiger partial charge in [-0.15, -0.1) is 0 Å². The molecule has 0 saturated carbocycles. The second-order valence-electron chi connectivity index (χ2n) is 10.5. The van der Waals surface area contributed by atoms with Crippen LogP contribution in [0.15, 0.2) is 5.83 Å². The molecule has 0 N–H and O–H groups in total. The SMILES string of the molecule is FC1=C(F)[C](F)([Al]([c]2c(F)c(F)c(F)c3c(F)c(F)c(F)c(F)c23)[c]2c(F)c(F)c(F)c3c(F)c(F)c(F)c(F)c23)c2c(F)c(F)c(F)c(F)c21. The Morgan fingerprint density at radius 2 is 0.569 bits per heavy atom. The molecule has 0 spiro atoms. The maximum absolute atomic E-state index is 17.6. The van der Waals surface area contributed by atoms with Crippen LogP contribution in [0, 0.1) is 105 Å². The molecule has 0 heterocycles. The molecular formula is C29AlF21. The van der Waals surface area contributed by atoms with Gasteiger partial charge >= 0.3 is 14.1 Å². The van der Waals surface area contributed by atoms with Crippen LogP contribution in [0.25, 0.3) is 27.4 Å². The lowest BCUT2D eigenvalue weighted by Gasteiger charge is -2.31. The molecule has 0 aliphatic heterocycles. The van der Waals surface area contributed by atoms with Crippen molar-refractivity contribution >= 4 is 50.4 Å². The number of allylic oxidation sites excluding steroid dienone is 1. The average Bonchev–Trinajstić information content (AvgIpc) is 3.30. The Balaban J connectivity index is 2.04. The topological polar surface area (TPSA) is 0 Å². The fraction of sp³-hybridized carbons (Fsp3) is 0.0345. The van der Waals surface area contributed by atoms with E-state index in [0.717, 1.165) is 0 Å². The van der Waals surface area contributed by atoms with Gasteiger partial charge in [0.05, 0.1) is 16.3 Å². The van der Waals surface area contributed by atoms with E-state index in [1.165, 1.54) is 0 Å². The number of halogens is 21. The van der Waals surface area contributed by atoms with E-state index in [1.807, 2.05) is 0 Å². The minimum absolute atomic E-state index is 2.71. The molecule has 1 aliphatic rings. The summed E-state index contributed by atoms with van der Waals surface area (Å²) >= 11 is -7.17. The highest BCUT2D eigenvalue weighted by atomic mass is 27.2. The van der Waals surface area contributed by atoms with Crippen molar-refractivity contribution in [1.29, 1.82) is 0 Å². The highest BCUT2D eigenvalue weighted by Crippen LogP contribution is 2.54. The normalized spacial score (nSPS) is 15.9. The van der Waals surface area contributed by atoms with Gasteiger partial charge in [0.1, 0.15) is 4.53 Å². The Morgan fingerprint density at radius 3 is 0.922 bits per heavy atom. The van der Waals surface area contributed by atoms with E-state index < -0.39 is 177 Å². The first-order chi connectivity index (χ1) is 23.6. The number of benzene rings is 5. The lowest BCUT2D eigenvalue weighted by atomic mass is 10.1. The fourth-order valence-corrected chi connectivity index (χ4v) is 9.87. The minimum Gasteiger partial charge on any atom is -0.247 e. The van der Waals surface area contributed by atoms with E-state index in [1.54, 1.807) is 0 Å². The Hall–Kier alpha value is -4.58. The van der Waals surface area contributed by atoms with Crippen LogP contribution in [0.4, 0.5) is 92.2 Å². The van der Waals surface area contributed by atoms with Crippen LogP contribution in [0.2, 0.25) is 0 Å². The van der Waals surface area contributed by atoms with Crippen molar-refractivity contribution in [2.24, 2.45) is 0 Å². The van der Waals surface area contributed by atoms with E-state index in [0.29, 0.717) is 0 Å². The van der Waals surface area contributed by atoms with Crippen LogP contribution >= 0.6 is 0 Å². The Labute approximate surface area is 269 Å². The monoisotopic (exact) mass is 774 g/mol. The molecule has 266 valence electrons. The molecule has 0 amide bonds. The molecule has 51 heavy (non-hydrogen) atoms. The van der Waals surface area contributed by atoms with E-state index in [9.17, 15) is 48.3 Å². The van der Waals surface area contributed by atoms with Gasteiger partial charge in [0.25, 0.3) is 0 Å². The van der Waals surface area contributed by atoms with Crippen LogP contribution in [0.5, 0.6) is 0 Å². The summed E-state index contributed by atoms with van der Waals surface area (Å²) in [6, 6.07) is 0. The van der Waals surface area contributed by atoms with E-state index >= 15 is 43.9 Å². The van der Waals surface area contributed by atoms with Crippen molar-refractivity contribution in [1.82, 2.24) is 0 Å². The van der Waals surface area contributed by atoms with E-state index in [2.05, 4.69) is 0 Å². The molecule has 1 atom stereocenters. The zero-order valence-electron chi connectivity index (χ0n) is 23.0. The molecule has 5 aromatic carbocycles. The van der Waals surface area contributed by atoms with Gasteiger partial charge in [0.2, 0.25) is 0 Å². The molecule has 0 radical (unpaired) electrons. The molecule has 6 rings (SSSR count). The number of fused-ring (bicyclic) bond motifs is 3. The average molecular weight is 774 g/mol. The van der Waals surface area contributed by atoms with Crippen molar-refractivity contribution in [2.45, 2.75) is 4.53 Å². The first kappa shape index (κ1) is 36.2. The summed E-state index contributed by atoms with van der Waals surface area (Å²) in [5.74, 6) is -64.6. The van der Waals surface area contributed by atoms with Gasteiger partial charge in [-0.2, -0.15) is 0 Å². The molecule has 1 unspecified atom stereocenters. The quantitative estimate of drug-likeness (QED) is 0.0743. The molecule has 0 nitrogen and oxygen atoms in total. The van der Waals surface area contributed by atoms with Crippen molar-refractivity contribution < 1.29 is 92.2 Å². The van der Waals surface area contributed by atoms with E-state index in [4.69, 9.17) is 0 Å². The van der Waals surface area contributed by atoms with Crippen LogP contribution in [0.1, 0.15) is 11.1 Å². The van der Waals surface area contributed by atoms with Crippen molar-refractivity contribution in [3.8, 4) is 0 Å². The zero-order chi connectivity index (χ0) is 38.2. The molecule has 0 saturated heterocycles. The first-order valence-corrected chi connectivity index (χ1v) is 14.6. The summed E-state index contributed by atoms with van der Waals surface area (Å²) in [5, 5.41) is -11.0. The Kier molecular flexibility index (Phi) is 8.14. The smallest absolute Gasteiger partial charge is 0.247 e. The van der Waals surface area contributed by atoms with Crippen LogP contribution in [0.3, 0.4) is 0 Å². The highest BCUT2D eigenvalue weighted by molar-refractivity contribution is 6.91. The second kappa shape index (κ2) is 11.5. The standard InChI is InChI=1S/2C10F7.C9F7.Al/c2*11-3-1-2-4(7(14)6(3)13)8(15)10(17)9(16)5(2)12;10-3-1-2(4(11)7(3)14)6(13)9(16)8(15)5(1)12;. The number of hydrogen-bond donors (Lipinski definition) is 0. The van der Waals surface area contributed by atoms with Crippen molar-refractivity contribution in [3.63, 3.8) is 0 Å². The third-order valence-electron chi connectivity index (χ3n) is 8.09. The Bertz CT molecular complexity index is 2370. The zero-order valence-corrected chi connectivity index (χ0v) is 24.2. The molecular weight excluding hydrogens is 774 g/mol. The van der Waals surface area contributed by atoms with Gasteiger partial charge in [-0.3, -0.25) is 0 Å². The molecule has 0 fully saturated rings. The maximum Gasteiger partial charge on any atom is 0.426 e. The van der Waals surface area contributed by atoms with Crippen LogP contribution in [-0.4, -0.2) is 14.1 Å². The summed E-state index contributed by atoms with van der Waals surface area (Å²) in [6.07, 6.45) is 0. The van der Waals surface area contributed by atoms with Crippen molar-refractivity contribution in [2.75, 3.05) is 0 Å². The van der Waals surface area contributed by atoms with Gasteiger partial charge in [-0.05, 0) is 0 Å². The third kappa shape index (κ3) is 4.28. The lowest BCUT2D eigenvalue weighted by molar-refractivity contribution is 0.267. The number of alkyl halides is 1. The molecule has 0 bridgehead atoms. The third-order valence-corrected chi connectivity index (χ3v) is 11.7. The molecule has 0 aromatic heterocycles. The number of hydrogen-bond acceptors (Lipinski definition) is 0. The van der Waals surface area contributed by atoms with E-state index in [-0.39, 0.29) is 0 Å². The van der Waals surface area contributed by atoms with Gasteiger partial charge < -0.3 is 0 Å². The van der Waals surface area contributed by atoms with Gasteiger partial charge in [-0.25, -0.2) is 92.2 Å². The summed E-state index contributed by atoms with van der Waals surface area (Å²) in [5.41, 5.74) is -5.72. The van der Waals surface area contributed by atoms with Gasteiger partial charge in [0.15, 0.2) is 116 Å². The molecule has 5 aromatic rings. The Morgan fingerprint density at radius 1 is 0.294 bits per heavy atom. The van der Waals surface area contributed by atoms with Gasteiger partial charge in [0, 0.05) is 16.3 Å². The molecule has 1 aliphatic carbocycles. The predicted octanol–water partition coefficient (Wildman–Crippen LogP) is 9.13.